The van der Waals surface area contributed by atoms with Gasteiger partial charge in [0.2, 0.25) is 0 Å². The van der Waals surface area contributed by atoms with E-state index in [1.54, 1.807) is 0 Å². The molecule has 2 atom stereocenters. The van der Waals surface area contributed by atoms with E-state index in [9.17, 15) is 0 Å². The molecule has 0 bridgehead atoms. The van der Waals surface area contributed by atoms with Crippen LogP contribution < -0.4 is 15.0 Å². The maximum atomic E-state index is 5.96. The molecule has 0 aliphatic carbocycles. The van der Waals surface area contributed by atoms with E-state index in [4.69, 9.17) is 9.47 Å². The fraction of sp³-hybridized carbons (Fsp3) is 0.762. The lowest BCUT2D eigenvalue weighted by Crippen LogP contribution is -2.28. The second-order valence-corrected chi connectivity index (χ2v) is 7.69. The molecule has 26 heavy (non-hydrogen) atoms. The van der Waals surface area contributed by atoms with Crippen LogP contribution in [-0.4, -0.2) is 50.5 Å². The van der Waals surface area contributed by atoms with Crippen LogP contribution in [0.3, 0.4) is 0 Å². The Morgan fingerprint density at radius 1 is 1.23 bits per heavy atom. The summed E-state index contributed by atoms with van der Waals surface area (Å²) in [6, 6.07) is 2.65. The molecule has 0 spiro atoms. The number of anilines is 1. The van der Waals surface area contributed by atoms with E-state index in [1.807, 2.05) is 12.4 Å². The first-order chi connectivity index (χ1) is 12.8. The van der Waals surface area contributed by atoms with Crippen LogP contribution >= 0.6 is 0 Å². The van der Waals surface area contributed by atoms with Gasteiger partial charge in [-0.2, -0.15) is 0 Å². The van der Waals surface area contributed by atoms with E-state index < -0.39 is 0 Å². The third-order valence-electron chi connectivity index (χ3n) is 5.51. The SMILES string of the molecule is CCCCOCCC[C@H]1CCN(c2cncc(OC[C@@H]3CCCN3)c2)C1. The number of hydrogen-bond donors (Lipinski definition) is 1. The Hall–Kier alpha value is -1.33. The third-order valence-corrected chi connectivity index (χ3v) is 5.51. The summed E-state index contributed by atoms with van der Waals surface area (Å²) in [5, 5.41) is 3.47. The smallest absolute Gasteiger partial charge is 0.139 e. The first kappa shape index (κ1) is 19.4. The quantitative estimate of drug-likeness (QED) is 0.610. The van der Waals surface area contributed by atoms with Gasteiger partial charge in [-0.25, -0.2) is 0 Å². The van der Waals surface area contributed by atoms with Crippen molar-refractivity contribution in [2.75, 3.05) is 44.4 Å². The molecule has 0 unspecified atom stereocenters. The van der Waals surface area contributed by atoms with Gasteiger partial charge in [-0.05, 0) is 51.0 Å². The van der Waals surface area contributed by atoms with Gasteiger partial charge in [0, 0.05) is 38.4 Å². The molecular weight excluding hydrogens is 326 g/mol. The zero-order chi connectivity index (χ0) is 18.0. The number of nitrogens with zero attached hydrogens (tertiary/aromatic N) is 2. The van der Waals surface area contributed by atoms with E-state index in [0.29, 0.717) is 6.04 Å². The van der Waals surface area contributed by atoms with E-state index in [0.717, 1.165) is 51.1 Å². The minimum atomic E-state index is 0.495. The molecular formula is C21H35N3O2. The van der Waals surface area contributed by atoms with Gasteiger partial charge in [-0.15, -0.1) is 0 Å². The lowest BCUT2D eigenvalue weighted by atomic mass is 10.0. The Bertz CT molecular complexity index is 520. The number of nitrogens with one attached hydrogen (secondary N) is 1. The Labute approximate surface area is 158 Å². The van der Waals surface area contributed by atoms with Crippen LogP contribution in [0.1, 0.15) is 51.9 Å². The van der Waals surface area contributed by atoms with Crippen LogP contribution in [0.2, 0.25) is 0 Å². The average Bonchev–Trinajstić information content (AvgIpc) is 3.35. The first-order valence-electron chi connectivity index (χ1n) is 10.5. The maximum absolute atomic E-state index is 5.96. The van der Waals surface area contributed by atoms with Crippen molar-refractivity contribution in [3.8, 4) is 5.75 Å². The lowest BCUT2D eigenvalue weighted by Gasteiger charge is -2.19. The molecule has 0 radical (unpaired) electrons. The zero-order valence-electron chi connectivity index (χ0n) is 16.3. The van der Waals surface area contributed by atoms with Crippen LogP contribution in [0.15, 0.2) is 18.5 Å². The summed E-state index contributed by atoms with van der Waals surface area (Å²) >= 11 is 0. The number of aromatic nitrogens is 1. The largest absolute Gasteiger partial charge is 0.490 e. The Kier molecular flexibility index (Phi) is 8.02. The van der Waals surface area contributed by atoms with Crippen molar-refractivity contribution in [1.82, 2.24) is 10.3 Å². The highest BCUT2D eigenvalue weighted by Gasteiger charge is 2.23. The number of unbranched alkanes of at least 4 members (excludes halogenated alkanes) is 1. The van der Waals surface area contributed by atoms with Gasteiger partial charge >= 0.3 is 0 Å². The minimum Gasteiger partial charge on any atom is -0.490 e. The molecule has 5 heteroatoms. The molecule has 2 fully saturated rings. The van der Waals surface area contributed by atoms with Gasteiger partial charge in [-0.3, -0.25) is 4.98 Å². The summed E-state index contributed by atoms with van der Waals surface area (Å²) in [6.45, 7) is 8.15. The summed E-state index contributed by atoms with van der Waals surface area (Å²) in [7, 11) is 0. The molecule has 5 nitrogen and oxygen atoms in total. The molecule has 3 rings (SSSR count). The molecule has 0 aromatic carbocycles. The Balaban J connectivity index is 1.38. The van der Waals surface area contributed by atoms with E-state index in [2.05, 4.69) is 28.2 Å². The zero-order valence-corrected chi connectivity index (χ0v) is 16.3. The van der Waals surface area contributed by atoms with Gasteiger partial charge in [-0.1, -0.05) is 13.3 Å². The van der Waals surface area contributed by atoms with Crippen molar-refractivity contribution in [2.24, 2.45) is 5.92 Å². The predicted octanol–water partition coefficient (Wildman–Crippen LogP) is 3.64. The van der Waals surface area contributed by atoms with Gasteiger partial charge in [0.25, 0.3) is 0 Å². The summed E-state index contributed by atoms with van der Waals surface area (Å²) in [5.41, 5.74) is 1.20. The molecule has 2 aliphatic rings. The van der Waals surface area contributed by atoms with Crippen LogP contribution in [0.25, 0.3) is 0 Å². The predicted molar refractivity (Wildman–Crippen MR) is 106 cm³/mol. The third kappa shape index (κ3) is 6.13. The molecule has 146 valence electrons. The molecule has 2 aliphatic heterocycles. The number of hydrogen-bond acceptors (Lipinski definition) is 5. The fourth-order valence-electron chi connectivity index (χ4n) is 3.88. The molecule has 0 amide bonds. The fourth-order valence-corrected chi connectivity index (χ4v) is 3.88. The van der Waals surface area contributed by atoms with Gasteiger partial charge in [0.1, 0.15) is 12.4 Å². The van der Waals surface area contributed by atoms with Crippen LogP contribution in [0.5, 0.6) is 5.75 Å². The van der Waals surface area contributed by atoms with Crippen molar-refractivity contribution in [3.63, 3.8) is 0 Å². The molecule has 1 N–H and O–H groups in total. The van der Waals surface area contributed by atoms with Crippen molar-refractivity contribution >= 4 is 5.69 Å². The van der Waals surface area contributed by atoms with Gasteiger partial charge in [0.15, 0.2) is 0 Å². The lowest BCUT2D eigenvalue weighted by molar-refractivity contribution is 0.124. The molecule has 0 saturated carbocycles. The van der Waals surface area contributed by atoms with E-state index in [1.165, 1.54) is 50.6 Å². The molecule has 3 heterocycles. The van der Waals surface area contributed by atoms with E-state index >= 15 is 0 Å². The molecule has 2 saturated heterocycles. The standard InChI is InChI=1S/C21H35N3O2/c1-2-3-11-25-12-5-6-18-8-10-24(16-18)20-13-21(15-22-14-20)26-17-19-7-4-9-23-19/h13-15,18-19,23H,2-12,16-17H2,1H3/t18-,19-/m0/s1. The number of ether oxygens (including phenoxy) is 2. The van der Waals surface area contributed by atoms with E-state index in [-0.39, 0.29) is 0 Å². The highest BCUT2D eigenvalue weighted by molar-refractivity contribution is 5.49. The summed E-state index contributed by atoms with van der Waals surface area (Å²) in [5.74, 6) is 1.67. The van der Waals surface area contributed by atoms with Crippen molar-refractivity contribution in [3.05, 3.63) is 18.5 Å². The minimum absolute atomic E-state index is 0.495. The van der Waals surface area contributed by atoms with Crippen molar-refractivity contribution in [2.45, 2.75) is 57.9 Å². The Morgan fingerprint density at radius 2 is 2.15 bits per heavy atom. The Morgan fingerprint density at radius 3 is 3.00 bits per heavy atom. The topological polar surface area (TPSA) is 46.6 Å². The molecule has 1 aromatic rings. The van der Waals surface area contributed by atoms with Crippen LogP contribution in [0, 0.1) is 5.92 Å². The van der Waals surface area contributed by atoms with Crippen LogP contribution in [-0.2, 0) is 4.74 Å². The second kappa shape index (κ2) is 10.7. The summed E-state index contributed by atoms with van der Waals surface area (Å²) in [4.78, 5) is 6.85. The highest BCUT2D eigenvalue weighted by Crippen LogP contribution is 2.28. The monoisotopic (exact) mass is 361 g/mol. The number of pyridine rings is 1. The normalized spacial score (nSPS) is 22.9. The second-order valence-electron chi connectivity index (χ2n) is 7.69. The van der Waals surface area contributed by atoms with Crippen molar-refractivity contribution in [1.29, 1.82) is 0 Å². The van der Waals surface area contributed by atoms with Crippen molar-refractivity contribution < 1.29 is 9.47 Å². The van der Waals surface area contributed by atoms with Gasteiger partial charge in [0.05, 0.1) is 18.1 Å². The summed E-state index contributed by atoms with van der Waals surface area (Å²) in [6.07, 6.45) is 12.4. The number of rotatable bonds is 11. The first-order valence-corrected chi connectivity index (χ1v) is 10.5. The maximum Gasteiger partial charge on any atom is 0.139 e. The van der Waals surface area contributed by atoms with Crippen LogP contribution in [0.4, 0.5) is 5.69 Å². The molecule has 1 aromatic heterocycles. The average molecular weight is 362 g/mol. The van der Waals surface area contributed by atoms with Gasteiger partial charge < -0.3 is 19.7 Å². The highest BCUT2D eigenvalue weighted by atomic mass is 16.5. The summed E-state index contributed by atoms with van der Waals surface area (Å²) < 4.78 is 11.6.